The molecular weight excluding hydrogens is 454 g/mol. The minimum atomic E-state index is -0.328. The lowest BCUT2D eigenvalue weighted by molar-refractivity contribution is -0.113. The third kappa shape index (κ3) is 5.26. The SMILES string of the molecule is CCCCOC(=O)c1ccc(-c2ccc(/C=C3/SC(=S)N(c4cccc(C)c4)C3=O)o2)cc1. The van der Waals surface area contributed by atoms with E-state index in [2.05, 4.69) is 0 Å². The molecule has 33 heavy (non-hydrogen) atoms. The number of rotatable bonds is 7. The Kier molecular flexibility index (Phi) is 7.11. The standard InChI is InChI=1S/C26H23NO4S2/c1-3-4-14-30-25(29)19-10-8-18(9-11-19)22-13-12-21(31-22)16-23-24(28)27(26(32)33-23)20-7-5-6-17(2)15-20/h5-13,15-16H,3-4,14H2,1-2H3/b23-16+. The first-order valence-corrected chi connectivity index (χ1v) is 11.9. The summed E-state index contributed by atoms with van der Waals surface area (Å²) in [4.78, 5) is 27.1. The van der Waals surface area contributed by atoms with Crippen molar-refractivity contribution in [3.63, 3.8) is 0 Å². The van der Waals surface area contributed by atoms with Crippen LogP contribution < -0.4 is 4.90 Å². The van der Waals surface area contributed by atoms with E-state index in [9.17, 15) is 9.59 Å². The fourth-order valence-electron chi connectivity index (χ4n) is 3.34. The number of esters is 1. The summed E-state index contributed by atoms with van der Waals surface area (Å²) in [6.07, 6.45) is 3.53. The maximum atomic E-state index is 13.0. The molecule has 0 spiro atoms. The number of ether oxygens (including phenoxy) is 1. The summed E-state index contributed by atoms with van der Waals surface area (Å²) in [7, 11) is 0. The number of hydrogen-bond donors (Lipinski definition) is 0. The number of benzene rings is 2. The third-order valence-electron chi connectivity index (χ3n) is 5.09. The zero-order chi connectivity index (χ0) is 23.4. The molecule has 3 aromatic rings. The van der Waals surface area contributed by atoms with E-state index in [1.165, 1.54) is 11.8 Å². The predicted molar refractivity (Wildman–Crippen MR) is 136 cm³/mol. The van der Waals surface area contributed by atoms with Gasteiger partial charge in [0.15, 0.2) is 4.32 Å². The number of unbranched alkanes of at least 4 members (excludes halogenated alkanes) is 1. The number of furan rings is 1. The number of anilines is 1. The largest absolute Gasteiger partial charge is 0.462 e. The van der Waals surface area contributed by atoms with Crippen LogP contribution in [0.4, 0.5) is 5.69 Å². The molecule has 1 aliphatic heterocycles. The Morgan fingerprint density at radius 2 is 1.94 bits per heavy atom. The van der Waals surface area contributed by atoms with Gasteiger partial charge in [-0.25, -0.2) is 4.79 Å². The summed E-state index contributed by atoms with van der Waals surface area (Å²) >= 11 is 6.70. The number of carbonyl (C=O) groups is 2. The van der Waals surface area contributed by atoms with E-state index in [1.807, 2.05) is 62.4 Å². The Labute approximate surface area is 202 Å². The molecule has 1 saturated heterocycles. The van der Waals surface area contributed by atoms with Crippen LogP contribution in [-0.4, -0.2) is 22.8 Å². The Morgan fingerprint density at radius 1 is 1.15 bits per heavy atom. The van der Waals surface area contributed by atoms with Gasteiger partial charge in [-0.15, -0.1) is 0 Å². The van der Waals surface area contributed by atoms with Crippen molar-refractivity contribution in [1.29, 1.82) is 0 Å². The van der Waals surface area contributed by atoms with Crippen molar-refractivity contribution in [1.82, 2.24) is 0 Å². The zero-order valence-corrected chi connectivity index (χ0v) is 20.0. The van der Waals surface area contributed by atoms with E-state index < -0.39 is 0 Å². The van der Waals surface area contributed by atoms with Crippen LogP contribution in [-0.2, 0) is 9.53 Å². The first-order chi connectivity index (χ1) is 16.0. The lowest BCUT2D eigenvalue weighted by Crippen LogP contribution is -2.27. The van der Waals surface area contributed by atoms with E-state index in [1.54, 1.807) is 23.1 Å². The molecule has 0 N–H and O–H groups in total. The summed E-state index contributed by atoms with van der Waals surface area (Å²) in [6.45, 7) is 4.45. The topological polar surface area (TPSA) is 59.8 Å². The highest BCUT2D eigenvalue weighted by atomic mass is 32.2. The molecule has 1 aromatic heterocycles. The van der Waals surface area contributed by atoms with Crippen molar-refractivity contribution < 1.29 is 18.7 Å². The summed E-state index contributed by atoms with van der Waals surface area (Å²) in [5.74, 6) is 0.698. The molecule has 4 rings (SSSR count). The monoisotopic (exact) mass is 477 g/mol. The van der Waals surface area contributed by atoms with Gasteiger partial charge in [0, 0.05) is 11.6 Å². The van der Waals surface area contributed by atoms with Crippen molar-refractivity contribution in [2.75, 3.05) is 11.5 Å². The fraction of sp³-hybridized carbons (Fsp3) is 0.192. The number of nitrogens with zero attached hydrogens (tertiary/aromatic N) is 1. The molecule has 0 unspecified atom stereocenters. The van der Waals surface area contributed by atoms with Gasteiger partial charge in [-0.1, -0.05) is 61.6 Å². The lowest BCUT2D eigenvalue weighted by atomic mass is 10.1. The molecule has 0 aliphatic carbocycles. The Morgan fingerprint density at radius 3 is 2.67 bits per heavy atom. The third-order valence-corrected chi connectivity index (χ3v) is 6.39. The van der Waals surface area contributed by atoms with Crippen LogP contribution in [0.15, 0.2) is 70.0 Å². The van der Waals surface area contributed by atoms with Crippen LogP contribution in [0.1, 0.15) is 41.4 Å². The van der Waals surface area contributed by atoms with Crippen LogP contribution in [0.25, 0.3) is 17.4 Å². The van der Waals surface area contributed by atoms with Crippen LogP contribution in [0, 0.1) is 6.92 Å². The second-order valence-electron chi connectivity index (χ2n) is 7.62. The van der Waals surface area contributed by atoms with Gasteiger partial charge < -0.3 is 9.15 Å². The quantitative estimate of drug-likeness (QED) is 0.165. The van der Waals surface area contributed by atoms with E-state index in [4.69, 9.17) is 21.4 Å². The molecule has 0 saturated carbocycles. The molecule has 0 bridgehead atoms. The van der Waals surface area contributed by atoms with E-state index in [0.717, 1.165) is 29.7 Å². The minimum Gasteiger partial charge on any atom is -0.462 e. The van der Waals surface area contributed by atoms with Gasteiger partial charge in [0.05, 0.1) is 22.8 Å². The Balaban J connectivity index is 1.48. The Bertz CT molecular complexity index is 1230. The van der Waals surface area contributed by atoms with Gasteiger partial charge >= 0.3 is 5.97 Å². The molecule has 2 aromatic carbocycles. The predicted octanol–water partition coefficient (Wildman–Crippen LogP) is 6.62. The molecule has 7 heteroatoms. The number of carbonyl (C=O) groups excluding carboxylic acids is 2. The summed E-state index contributed by atoms with van der Waals surface area (Å²) in [5.41, 5.74) is 3.14. The van der Waals surface area contributed by atoms with Gasteiger partial charge in [-0.2, -0.15) is 0 Å². The number of thiocarbonyl (C=S) groups is 1. The average Bonchev–Trinajstić information content (AvgIpc) is 3.38. The van der Waals surface area contributed by atoms with Crippen molar-refractivity contribution in [2.24, 2.45) is 0 Å². The molecule has 1 aliphatic rings. The van der Waals surface area contributed by atoms with Crippen molar-refractivity contribution >= 4 is 51.9 Å². The fourth-order valence-corrected chi connectivity index (χ4v) is 4.61. The molecule has 0 radical (unpaired) electrons. The van der Waals surface area contributed by atoms with Crippen LogP contribution in [0.5, 0.6) is 0 Å². The van der Waals surface area contributed by atoms with E-state index >= 15 is 0 Å². The van der Waals surface area contributed by atoms with Gasteiger partial charge in [-0.3, -0.25) is 9.69 Å². The van der Waals surface area contributed by atoms with Gasteiger partial charge in [0.25, 0.3) is 5.91 Å². The van der Waals surface area contributed by atoms with E-state index in [-0.39, 0.29) is 11.9 Å². The summed E-state index contributed by atoms with van der Waals surface area (Å²) in [5, 5.41) is 0. The van der Waals surface area contributed by atoms with Crippen molar-refractivity contribution in [2.45, 2.75) is 26.7 Å². The highest BCUT2D eigenvalue weighted by molar-refractivity contribution is 8.27. The molecule has 2 heterocycles. The number of amides is 1. The van der Waals surface area contributed by atoms with E-state index in [0.29, 0.717) is 32.9 Å². The highest BCUT2D eigenvalue weighted by Gasteiger charge is 2.33. The number of thioether (sulfide) groups is 1. The number of aryl methyl sites for hydroxylation is 1. The van der Waals surface area contributed by atoms with Crippen LogP contribution in [0.2, 0.25) is 0 Å². The lowest BCUT2D eigenvalue weighted by Gasteiger charge is -2.14. The molecule has 1 fully saturated rings. The smallest absolute Gasteiger partial charge is 0.338 e. The van der Waals surface area contributed by atoms with Crippen molar-refractivity contribution in [3.8, 4) is 11.3 Å². The average molecular weight is 478 g/mol. The number of hydrogen-bond acceptors (Lipinski definition) is 6. The molecular formula is C26H23NO4S2. The normalized spacial score (nSPS) is 14.8. The zero-order valence-electron chi connectivity index (χ0n) is 18.4. The first-order valence-electron chi connectivity index (χ1n) is 10.7. The second kappa shape index (κ2) is 10.2. The highest BCUT2D eigenvalue weighted by Crippen LogP contribution is 2.36. The maximum Gasteiger partial charge on any atom is 0.338 e. The Hall–Kier alpha value is -3.16. The first kappa shape index (κ1) is 23.0. The maximum absolute atomic E-state index is 13.0. The van der Waals surface area contributed by atoms with Gasteiger partial charge in [-0.05, 0) is 55.3 Å². The second-order valence-corrected chi connectivity index (χ2v) is 9.30. The van der Waals surface area contributed by atoms with Crippen molar-refractivity contribution in [3.05, 3.63) is 82.5 Å². The van der Waals surface area contributed by atoms with Gasteiger partial charge in [0.2, 0.25) is 0 Å². The molecule has 5 nitrogen and oxygen atoms in total. The summed E-state index contributed by atoms with van der Waals surface area (Å²) < 4.78 is 11.7. The van der Waals surface area contributed by atoms with Crippen LogP contribution >= 0.6 is 24.0 Å². The minimum absolute atomic E-state index is 0.167. The molecule has 0 atom stereocenters. The molecule has 168 valence electrons. The van der Waals surface area contributed by atoms with Gasteiger partial charge in [0.1, 0.15) is 11.5 Å². The van der Waals surface area contributed by atoms with Crippen LogP contribution in [0.3, 0.4) is 0 Å². The summed E-state index contributed by atoms with van der Waals surface area (Å²) in [6, 6.07) is 18.4. The molecule has 1 amide bonds.